The quantitative estimate of drug-likeness (QED) is 0.745. The van der Waals surface area contributed by atoms with Crippen LogP contribution < -0.4 is 0 Å². The van der Waals surface area contributed by atoms with E-state index in [9.17, 15) is 18.0 Å². The number of nitrogens with zero attached hydrogens (tertiary/aromatic N) is 1. The molecule has 0 amide bonds. The Morgan fingerprint density at radius 2 is 1.90 bits per heavy atom. The topological polar surface area (TPSA) is 101 Å². The van der Waals surface area contributed by atoms with E-state index < -0.39 is 39.2 Å². The first-order valence-corrected chi connectivity index (χ1v) is 8.21. The summed E-state index contributed by atoms with van der Waals surface area (Å²) in [6, 6.07) is -1.00. The van der Waals surface area contributed by atoms with E-state index in [2.05, 4.69) is 4.74 Å². The van der Waals surface area contributed by atoms with Gasteiger partial charge in [-0.15, -0.1) is 0 Å². The Kier molecular flexibility index (Phi) is 4.33. The van der Waals surface area contributed by atoms with Crippen LogP contribution in [0.3, 0.4) is 0 Å². The summed E-state index contributed by atoms with van der Waals surface area (Å²) in [7, 11) is -2.55. The maximum Gasteiger partial charge on any atom is 0.322 e. The van der Waals surface area contributed by atoms with Gasteiger partial charge in [0, 0.05) is 6.54 Å². The fourth-order valence-electron chi connectivity index (χ4n) is 3.17. The van der Waals surface area contributed by atoms with Crippen molar-refractivity contribution >= 4 is 22.0 Å². The Labute approximate surface area is 117 Å². The van der Waals surface area contributed by atoms with Crippen LogP contribution in [0.1, 0.15) is 32.1 Å². The van der Waals surface area contributed by atoms with Gasteiger partial charge in [0.25, 0.3) is 0 Å². The molecule has 7 nitrogen and oxygen atoms in total. The molecule has 2 fully saturated rings. The molecule has 3 atom stereocenters. The lowest BCUT2D eigenvalue weighted by atomic mass is 10.1. The summed E-state index contributed by atoms with van der Waals surface area (Å²) in [5, 5.41) is 8.26. The zero-order valence-electron chi connectivity index (χ0n) is 11.3. The molecule has 0 spiro atoms. The minimum absolute atomic E-state index is 0.212. The maximum atomic E-state index is 12.6. The zero-order chi connectivity index (χ0) is 14.9. The van der Waals surface area contributed by atoms with Crippen LogP contribution in [-0.4, -0.2) is 54.7 Å². The summed E-state index contributed by atoms with van der Waals surface area (Å²) >= 11 is 0. The lowest BCUT2D eigenvalue weighted by Gasteiger charge is -2.27. The molecule has 0 aromatic carbocycles. The molecule has 0 aromatic heterocycles. The number of hydrogen-bond acceptors (Lipinski definition) is 5. The van der Waals surface area contributed by atoms with Crippen molar-refractivity contribution in [2.24, 2.45) is 5.92 Å². The SMILES string of the molecule is COC(=O)C1CCCC1S(=O)(=O)N1CCCC1C(=O)O. The van der Waals surface area contributed by atoms with Crippen molar-refractivity contribution in [2.45, 2.75) is 43.4 Å². The lowest BCUT2D eigenvalue weighted by molar-refractivity contribution is -0.145. The average molecular weight is 305 g/mol. The number of esters is 1. The molecular formula is C12H19NO6S. The molecule has 2 rings (SSSR count). The van der Waals surface area contributed by atoms with Crippen LogP contribution in [0.4, 0.5) is 0 Å². The predicted molar refractivity (Wildman–Crippen MR) is 69.4 cm³/mol. The van der Waals surface area contributed by atoms with E-state index in [-0.39, 0.29) is 6.54 Å². The van der Waals surface area contributed by atoms with E-state index in [1.165, 1.54) is 7.11 Å². The number of ether oxygens (including phenoxy) is 1. The summed E-state index contributed by atoms with van der Waals surface area (Å²) in [5.74, 6) is -2.33. The maximum absolute atomic E-state index is 12.6. The molecule has 0 radical (unpaired) electrons. The third-order valence-electron chi connectivity index (χ3n) is 4.15. The molecule has 2 aliphatic rings. The molecule has 1 aliphatic carbocycles. The molecule has 0 aromatic rings. The largest absolute Gasteiger partial charge is 0.480 e. The minimum Gasteiger partial charge on any atom is -0.480 e. The van der Waals surface area contributed by atoms with Crippen LogP contribution in [0.5, 0.6) is 0 Å². The van der Waals surface area contributed by atoms with E-state index in [1.54, 1.807) is 0 Å². The number of hydrogen-bond donors (Lipinski definition) is 1. The van der Waals surface area contributed by atoms with Crippen LogP contribution >= 0.6 is 0 Å². The standard InChI is InChI=1S/C12H19NO6S/c1-19-12(16)8-4-2-6-10(8)20(17,18)13-7-3-5-9(13)11(14)15/h8-10H,2-7H2,1H3,(H,14,15). The smallest absolute Gasteiger partial charge is 0.322 e. The van der Waals surface area contributed by atoms with Crippen LogP contribution in [-0.2, 0) is 24.3 Å². The molecule has 114 valence electrons. The number of methoxy groups -OCH3 is 1. The number of rotatable bonds is 4. The van der Waals surface area contributed by atoms with Gasteiger partial charge in [0.1, 0.15) is 6.04 Å². The van der Waals surface area contributed by atoms with Crippen LogP contribution in [0.25, 0.3) is 0 Å². The normalized spacial score (nSPS) is 31.4. The Balaban J connectivity index is 2.25. The van der Waals surface area contributed by atoms with Crippen LogP contribution in [0, 0.1) is 5.92 Å². The number of sulfonamides is 1. The lowest BCUT2D eigenvalue weighted by Crippen LogP contribution is -2.47. The summed E-state index contributed by atoms with van der Waals surface area (Å²) in [6.45, 7) is 0.212. The molecule has 0 bridgehead atoms. The van der Waals surface area contributed by atoms with Crippen LogP contribution in [0.2, 0.25) is 0 Å². The molecular weight excluding hydrogens is 286 g/mol. The summed E-state index contributed by atoms with van der Waals surface area (Å²) in [5.41, 5.74) is 0. The van der Waals surface area contributed by atoms with Crippen LogP contribution in [0.15, 0.2) is 0 Å². The van der Waals surface area contributed by atoms with Gasteiger partial charge >= 0.3 is 11.9 Å². The molecule has 1 heterocycles. The first-order valence-electron chi connectivity index (χ1n) is 6.71. The summed E-state index contributed by atoms with van der Waals surface area (Å²) in [6.07, 6.45) is 2.35. The molecule has 1 saturated heterocycles. The fourth-order valence-corrected chi connectivity index (χ4v) is 5.58. The Morgan fingerprint density at radius 3 is 2.50 bits per heavy atom. The highest BCUT2D eigenvalue weighted by Crippen LogP contribution is 2.36. The van der Waals surface area contributed by atoms with Gasteiger partial charge < -0.3 is 9.84 Å². The van der Waals surface area contributed by atoms with Gasteiger partial charge in [0.2, 0.25) is 10.0 Å². The third kappa shape index (κ3) is 2.54. The van der Waals surface area contributed by atoms with Crippen molar-refractivity contribution in [1.29, 1.82) is 0 Å². The molecule has 3 unspecified atom stereocenters. The third-order valence-corrected chi connectivity index (χ3v) is 6.57. The predicted octanol–water partition coefficient (Wildman–Crippen LogP) is 0.207. The van der Waals surface area contributed by atoms with Crippen molar-refractivity contribution < 1.29 is 27.9 Å². The minimum atomic E-state index is -3.79. The van der Waals surface area contributed by atoms with Gasteiger partial charge in [0.15, 0.2) is 0 Å². The van der Waals surface area contributed by atoms with Gasteiger partial charge in [0.05, 0.1) is 18.3 Å². The van der Waals surface area contributed by atoms with Gasteiger partial charge in [-0.1, -0.05) is 6.42 Å². The monoisotopic (exact) mass is 305 g/mol. The number of carboxylic acid groups (broad SMARTS) is 1. The number of carboxylic acids is 1. The van der Waals surface area contributed by atoms with Gasteiger partial charge in [-0.3, -0.25) is 9.59 Å². The molecule has 1 saturated carbocycles. The first-order chi connectivity index (χ1) is 9.39. The number of carbonyl (C=O) groups is 2. The second-order valence-electron chi connectivity index (χ2n) is 5.25. The molecule has 1 aliphatic heterocycles. The molecule has 8 heteroatoms. The highest BCUT2D eigenvalue weighted by Gasteiger charge is 2.48. The van der Waals surface area contributed by atoms with E-state index in [0.717, 1.165) is 4.31 Å². The van der Waals surface area contributed by atoms with Crippen molar-refractivity contribution in [3.63, 3.8) is 0 Å². The average Bonchev–Trinajstić information content (AvgIpc) is 3.06. The number of aliphatic carboxylic acids is 1. The van der Waals surface area contributed by atoms with Crippen molar-refractivity contribution in [3.05, 3.63) is 0 Å². The van der Waals surface area contributed by atoms with Crippen molar-refractivity contribution in [3.8, 4) is 0 Å². The second-order valence-corrected chi connectivity index (χ2v) is 7.36. The van der Waals surface area contributed by atoms with Crippen molar-refractivity contribution in [1.82, 2.24) is 4.31 Å². The van der Waals surface area contributed by atoms with Crippen molar-refractivity contribution in [2.75, 3.05) is 13.7 Å². The van der Waals surface area contributed by atoms with Gasteiger partial charge in [-0.05, 0) is 25.7 Å². The van der Waals surface area contributed by atoms with Gasteiger partial charge in [-0.2, -0.15) is 4.31 Å². The van der Waals surface area contributed by atoms with Gasteiger partial charge in [-0.25, -0.2) is 8.42 Å². The molecule has 1 N–H and O–H groups in total. The fraction of sp³-hybridized carbons (Fsp3) is 0.833. The summed E-state index contributed by atoms with van der Waals surface area (Å²) in [4.78, 5) is 22.8. The van der Waals surface area contributed by atoms with E-state index in [4.69, 9.17) is 5.11 Å². The molecule has 20 heavy (non-hydrogen) atoms. The van der Waals surface area contributed by atoms with E-state index in [1.807, 2.05) is 0 Å². The number of carbonyl (C=O) groups excluding carboxylic acids is 1. The summed E-state index contributed by atoms with van der Waals surface area (Å²) < 4.78 is 31.0. The highest BCUT2D eigenvalue weighted by molar-refractivity contribution is 7.89. The zero-order valence-corrected chi connectivity index (χ0v) is 12.1. The Hall–Kier alpha value is -1.15. The Bertz CT molecular complexity index is 502. The first kappa shape index (κ1) is 15.2. The second kappa shape index (κ2) is 5.69. The van der Waals surface area contributed by atoms with E-state index in [0.29, 0.717) is 32.1 Å². The Morgan fingerprint density at radius 1 is 1.20 bits per heavy atom. The van der Waals surface area contributed by atoms with E-state index >= 15 is 0 Å². The highest BCUT2D eigenvalue weighted by atomic mass is 32.2.